The van der Waals surface area contributed by atoms with Crippen LogP contribution in [0.25, 0.3) is 0 Å². The maximum Gasteiger partial charge on any atom is 0 e. The summed E-state index contributed by atoms with van der Waals surface area (Å²) in [5, 5.41) is 0. The summed E-state index contributed by atoms with van der Waals surface area (Å²) < 4.78 is 0. The molecule has 0 aromatic rings. The molecule has 0 unspecified atom stereocenters. The van der Waals surface area contributed by atoms with Crippen LogP contribution in [0.5, 0.6) is 0 Å². The molecule has 0 bridgehead atoms. The largest absolute Gasteiger partial charge is 0 e. The molecule has 0 heterocycles. The third-order valence-electron chi connectivity index (χ3n) is 0. The zero-order valence-corrected chi connectivity index (χ0v) is 9.20. The second-order valence-corrected chi connectivity index (χ2v) is 5.65. The van der Waals surface area contributed by atoms with Crippen molar-refractivity contribution in [1.29, 1.82) is 0 Å². The predicted molar refractivity (Wildman–Crippen MR) is 14.8 cm³/mol. The zero-order valence-electron chi connectivity index (χ0n) is 1.74. The Bertz CT molecular complexity index is 9.61. The molecule has 0 aliphatic rings. The van der Waals surface area contributed by atoms with Gasteiger partial charge in [0, 0.05) is 44.8 Å². The topological polar surface area (TPSA) is 0 Å². The second-order valence-electron chi connectivity index (χ2n) is 0.0540. The van der Waals surface area contributed by atoms with Gasteiger partial charge in [-0.25, -0.2) is 0 Å². The van der Waals surface area contributed by atoms with Crippen molar-refractivity contribution in [3.63, 3.8) is 0 Å². The molecule has 0 spiro atoms. The van der Waals surface area contributed by atoms with Crippen molar-refractivity contribution < 1.29 is 62.6 Å². The van der Waals surface area contributed by atoms with Gasteiger partial charge in [0.1, 0.15) is 0 Å². The summed E-state index contributed by atoms with van der Waals surface area (Å²) in [5.41, 5.74) is 0. The van der Waals surface area contributed by atoms with Crippen LogP contribution in [0, 0.1) is 0 Å². The molecule has 0 aromatic heterocycles. The van der Waals surface area contributed by atoms with Crippen LogP contribution in [0.2, 0.25) is 0 Å². The first kappa shape index (κ1) is 15.7. The molecular formula is Ag2BrClI-. The van der Waals surface area contributed by atoms with Gasteiger partial charge in [0.25, 0.3) is 0 Å². The Hall–Kier alpha value is 2.98. The molecule has 5 heteroatoms. The van der Waals surface area contributed by atoms with E-state index >= 15 is 0 Å². The van der Waals surface area contributed by atoms with E-state index < -0.39 is 0 Å². The van der Waals surface area contributed by atoms with Crippen molar-refractivity contribution in [3.8, 4) is 0 Å². The fourth-order valence-corrected chi connectivity index (χ4v) is 0. The van der Waals surface area contributed by atoms with Gasteiger partial charge in [0.2, 0.25) is 0 Å². The van der Waals surface area contributed by atoms with Gasteiger partial charge in [-0.2, -0.15) is 0 Å². The molecule has 0 fully saturated rings. The van der Waals surface area contributed by atoms with Gasteiger partial charge in [-0.1, -0.05) is 0 Å². The maximum absolute atomic E-state index is 5.03. The van der Waals surface area contributed by atoms with Gasteiger partial charge in [0.05, 0.1) is 0 Å². The standard InChI is InChI=1S/2Ag.BrClI/c;;1-3-2/q;;-1. The van der Waals surface area contributed by atoms with Crippen LogP contribution in [0.1, 0.15) is 0 Å². The first-order valence-electron chi connectivity index (χ1n) is 0.286. The third-order valence-corrected chi connectivity index (χ3v) is 0. The smallest absolute Gasteiger partial charge is 0 e. The van der Waals surface area contributed by atoms with Crippen molar-refractivity contribution in [2.24, 2.45) is 0 Å². The zero-order chi connectivity index (χ0) is 2.71. The molecule has 0 saturated heterocycles. The van der Waals surface area contributed by atoms with Crippen molar-refractivity contribution in [2.45, 2.75) is 0 Å². The minimum atomic E-state index is -0.125. The Labute approximate surface area is 82.5 Å². The Morgan fingerprint density at radius 1 is 1.40 bits per heavy atom. The average Bonchev–Trinajstić information content (AvgIpc) is 0.918. The monoisotopic (exact) mass is 455 g/mol. The van der Waals surface area contributed by atoms with Crippen LogP contribution in [0.4, 0.5) is 0 Å². The van der Waals surface area contributed by atoms with E-state index in [0.717, 1.165) is 0 Å². The van der Waals surface area contributed by atoms with Crippen molar-refractivity contribution >= 4 is 21.6 Å². The second kappa shape index (κ2) is 15.8. The summed E-state index contributed by atoms with van der Waals surface area (Å²) in [4.78, 5) is 0. The third kappa shape index (κ3) is 19.5. The van der Waals surface area contributed by atoms with E-state index in [-0.39, 0.29) is 62.6 Å². The molecule has 5 heavy (non-hydrogen) atoms. The molecule has 0 aliphatic carbocycles. The quantitative estimate of drug-likeness (QED) is 0.308. The molecule has 0 aromatic carbocycles. The van der Waals surface area contributed by atoms with E-state index in [0.29, 0.717) is 0 Å². The van der Waals surface area contributed by atoms with Crippen LogP contribution in [0.15, 0.2) is 0 Å². The Morgan fingerprint density at radius 2 is 1.40 bits per heavy atom. The van der Waals surface area contributed by atoms with Gasteiger partial charge < -0.3 is 0 Å². The predicted octanol–water partition coefficient (Wildman–Crippen LogP) is -1.47. The van der Waals surface area contributed by atoms with Gasteiger partial charge in [-0.15, -0.1) is 0 Å². The average molecular weight is 458 g/mol. The minimum Gasteiger partial charge on any atom is 0 e. The molecule has 0 aliphatic heterocycles. The first-order valence-corrected chi connectivity index (χ1v) is 7.85. The molecule has 0 saturated carbocycles. The first-order chi connectivity index (χ1) is 1.41. The maximum atomic E-state index is 5.03. The molecule has 0 amide bonds. The summed E-state index contributed by atoms with van der Waals surface area (Å²) in [6.07, 6.45) is 0. The van der Waals surface area contributed by atoms with E-state index in [9.17, 15) is 0 Å². The molecule has 2 radical (unpaired) electrons. The van der Waals surface area contributed by atoms with Crippen LogP contribution in [-0.2, 0) is 44.8 Å². The summed E-state index contributed by atoms with van der Waals surface area (Å²) >= 11 is 2.90. The van der Waals surface area contributed by atoms with Gasteiger partial charge in [-0.05, 0) is 0 Å². The van der Waals surface area contributed by atoms with Gasteiger partial charge >= 0.3 is 39.5 Å². The Kier molecular flexibility index (Phi) is 49.4. The SMILES string of the molecule is Cl[I-]Br.[Ag].[Ag]. The summed E-state index contributed by atoms with van der Waals surface area (Å²) in [7, 11) is 5.03. The van der Waals surface area contributed by atoms with Gasteiger partial charge in [-0.3, -0.25) is 0 Å². The fraction of sp³-hybridized carbons (Fsp3) is 0. The Morgan fingerprint density at radius 3 is 1.40 bits per heavy atom. The Balaban J connectivity index is -0.0000000200. The molecule has 0 rings (SSSR count). The van der Waals surface area contributed by atoms with Crippen LogP contribution in [-0.4, -0.2) is 0 Å². The molecule has 0 N–H and O–H groups in total. The van der Waals surface area contributed by atoms with Crippen molar-refractivity contribution in [1.82, 2.24) is 0 Å². The van der Waals surface area contributed by atoms with Crippen molar-refractivity contribution in [2.75, 3.05) is 0 Å². The number of rotatable bonds is 0. The minimum absolute atomic E-state index is 0. The molecule has 0 nitrogen and oxygen atoms in total. The van der Waals surface area contributed by atoms with Crippen molar-refractivity contribution in [3.05, 3.63) is 0 Å². The molecule has 0 atom stereocenters. The number of hydrogen-bond acceptors (Lipinski definition) is 0. The van der Waals surface area contributed by atoms with E-state index in [2.05, 4.69) is 12.7 Å². The number of halogens is 3. The molecule has 44 valence electrons. The van der Waals surface area contributed by atoms with Crippen LogP contribution < -0.4 is 17.9 Å². The van der Waals surface area contributed by atoms with Gasteiger partial charge in [0.15, 0.2) is 0 Å². The van der Waals surface area contributed by atoms with E-state index in [1.54, 1.807) is 0 Å². The summed E-state index contributed by atoms with van der Waals surface area (Å²) in [6, 6.07) is 0. The number of hydrogen-bond donors (Lipinski definition) is 0. The van der Waals surface area contributed by atoms with E-state index in [4.69, 9.17) is 8.91 Å². The van der Waals surface area contributed by atoms with E-state index in [1.807, 2.05) is 0 Å². The normalized spacial score (nSPS) is 4.40. The molecular weight excluding hydrogens is 458 g/mol. The van der Waals surface area contributed by atoms with E-state index in [1.165, 1.54) is 0 Å². The van der Waals surface area contributed by atoms with Crippen LogP contribution >= 0.6 is 21.6 Å². The summed E-state index contributed by atoms with van der Waals surface area (Å²) in [6.45, 7) is 0. The summed E-state index contributed by atoms with van der Waals surface area (Å²) in [5.74, 6) is 0. The fourth-order valence-electron chi connectivity index (χ4n) is 0. The van der Waals surface area contributed by atoms with Crippen LogP contribution in [0.3, 0.4) is 0 Å².